The van der Waals surface area contributed by atoms with Crippen molar-refractivity contribution in [3.63, 3.8) is 0 Å². The maximum atomic E-state index is 11.1. The molecule has 0 aromatic rings. The Morgan fingerprint density at radius 2 is 2.07 bits per heavy atom. The Morgan fingerprint density at radius 3 is 2.50 bits per heavy atom. The molecule has 0 aromatic heterocycles. The Labute approximate surface area is 91.3 Å². The Bertz CT molecular complexity index is 244. The molecule has 0 fully saturated rings. The number of methoxy groups -OCH3 is 2. The van der Waals surface area contributed by atoms with Crippen LogP contribution in [0.2, 0.25) is 5.82 Å². The quantitative estimate of drug-likeness (QED) is 0.325. The minimum absolute atomic E-state index is 0.280. The summed E-state index contributed by atoms with van der Waals surface area (Å²) in [4.78, 5) is 11.1. The van der Waals surface area contributed by atoms with E-state index in [2.05, 4.69) is 10.6 Å². The molecule has 0 aromatic carbocycles. The van der Waals surface area contributed by atoms with Crippen molar-refractivity contribution in [3.8, 4) is 0 Å². The van der Waals surface area contributed by atoms with E-state index in [0.29, 0.717) is 27.1 Å². The van der Waals surface area contributed by atoms with E-state index in [9.17, 15) is 4.79 Å². The number of ether oxygens (including phenoxy) is 2. The summed E-state index contributed by atoms with van der Waals surface area (Å²) in [6.45, 7) is 2.33. The molecule has 0 aliphatic heterocycles. The van der Waals surface area contributed by atoms with Gasteiger partial charge in [-0.25, -0.2) is 0 Å². The molecule has 0 unspecified atom stereocenters. The van der Waals surface area contributed by atoms with Crippen LogP contribution in [0, 0.1) is 0 Å². The fourth-order valence-corrected chi connectivity index (χ4v) is 1.91. The summed E-state index contributed by atoms with van der Waals surface area (Å²) in [5, 5.41) is 0. The summed E-state index contributed by atoms with van der Waals surface area (Å²) in [5.41, 5.74) is 0.624. The molecular formula is C10H16O3Se. The molecule has 0 amide bonds. The Balaban J connectivity index is 4.49. The van der Waals surface area contributed by atoms with E-state index >= 15 is 0 Å². The predicted molar refractivity (Wildman–Crippen MR) is 57.4 cm³/mol. The van der Waals surface area contributed by atoms with Crippen LogP contribution in [-0.4, -0.2) is 41.8 Å². The molecule has 0 spiro atoms. The van der Waals surface area contributed by atoms with E-state index in [0.717, 1.165) is 4.47 Å². The van der Waals surface area contributed by atoms with Crippen molar-refractivity contribution in [1.82, 2.24) is 0 Å². The molecule has 0 bridgehead atoms. The molecular weight excluding hydrogens is 247 g/mol. The van der Waals surface area contributed by atoms with Crippen molar-refractivity contribution >= 4 is 20.9 Å². The third-order valence-corrected chi connectivity index (χ3v) is 3.14. The van der Waals surface area contributed by atoms with Gasteiger partial charge in [-0.2, -0.15) is 0 Å². The fraction of sp³-hybridized carbons (Fsp3) is 0.500. The van der Waals surface area contributed by atoms with Crippen LogP contribution in [0.3, 0.4) is 0 Å². The van der Waals surface area contributed by atoms with Crippen LogP contribution in [0.4, 0.5) is 0 Å². The normalized spacial score (nSPS) is 12.9. The van der Waals surface area contributed by atoms with Crippen molar-refractivity contribution in [2.45, 2.75) is 12.7 Å². The first kappa shape index (κ1) is 13.4. The first-order valence-electron chi connectivity index (χ1n) is 4.15. The van der Waals surface area contributed by atoms with Gasteiger partial charge in [-0.3, -0.25) is 0 Å². The zero-order valence-corrected chi connectivity index (χ0v) is 10.7. The molecule has 0 radical (unpaired) electrons. The van der Waals surface area contributed by atoms with E-state index in [1.807, 2.05) is 12.2 Å². The van der Waals surface area contributed by atoms with Crippen LogP contribution in [0.5, 0.6) is 0 Å². The second kappa shape index (κ2) is 7.80. The third kappa shape index (κ3) is 5.22. The predicted octanol–water partition coefficient (Wildman–Crippen LogP) is 1.39. The number of carbonyl (C=O) groups excluding carboxylic acids is 1. The average Bonchev–Trinajstić information content (AvgIpc) is 2.22. The summed E-state index contributed by atoms with van der Waals surface area (Å²) >= 11 is 0.355. The van der Waals surface area contributed by atoms with Gasteiger partial charge in [-0.15, -0.1) is 0 Å². The number of carbonyl (C=O) groups is 1. The number of esters is 1. The Kier molecular flexibility index (Phi) is 7.48. The van der Waals surface area contributed by atoms with Gasteiger partial charge in [-0.05, 0) is 0 Å². The molecule has 14 heavy (non-hydrogen) atoms. The van der Waals surface area contributed by atoms with Crippen molar-refractivity contribution in [1.29, 1.82) is 0 Å². The van der Waals surface area contributed by atoms with E-state index in [4.69, 9.17) is 4.74 Å². The minimum atomic E-state index is -0.280. The zero-order valence-electron chi connectivity index (χ0n) is 8.99. The third-order valence-electron chi connectivity index (χ3n) is 1.55. The molecule has 4 heteroatoms. The number of allylic oxidation sites excluding steroid dienone is 2. The van der Waals surface area contributed by atoms with Gasteiger partial charge in [0.25, 0.3) is 0 Å². The molecule has 0 N–H and O–H groups in total. The van der Waals surface area contributed by atoms with E-state index in [1.165, 1.54) is 7.11 Å². The van der Waals surface area contributed by atoms with Crippen molar-refractivity contribution in [3.05, 3.63) is 22.2 Å². The van der Waals surface area contributed by atoms with Gasteiger partial charge in [0, 0.05) is 0 Å². The van der Waals surface area contributed by atoms with E-state index in [1.54, 1.807) is 14.0 Å². The monoisotopic (exact) mass is 264 g/mol. The van der Waals surface area contributed by atoms with Gasteiger partial charge in [-0.1, -0.05) is 0 Å². The van der Waals surface area contributed by atoms with Crippen LogP contribution < -0.4 is 0 Å². The number of hydrogen-bond donors (Lipinski definition) is 0. The number of hydrogen-bond acceptors (Lipinski definition) is 3. The van der Waals surface area contributed by atoms with Crippen LogP contribution in [0.25, 0.3) is 0 Å². The maximum absolute atomic E-state index is 11.1. The molecule has 0 aliphatic rings. The standard InChI is InChI=1S/C10H16O3Se/c1-8(10(11)13-3)7-9(14-4)5-6-12-2/h5,7H,6H2,1-4H3/b8-7+,9-5-. The van der Waals surface area contributed by atoms with Gasteiger partial charge in [0.15, 0.2) is 0 Å². The van der Waals surface area contributed by atoms with Gasteiger partial charge in [0.2, 0.25) is 0 Å². The second-order valence-electron chi connectivity index (χ2n) is 2.58. The average molecular weight is 263 g/mol. The molecule has 0 atom stereocenters. The second-order valence-corrected chi connectivity index (χ2v) is 4.43. The fourth-order valence-electron chi connectivity index (χ4n) is 0.800. The zero-order chi connectivity index (χ0) is 11.0. The first-order valence-corrected chi connectivity index (χ1v) is 6.72. The summed E-state index contributed by atoms with van der Waals surface area (Å²) in [5.74, 6) is 1.81. The van der Waals surface area contributed by atoms with Crippen LogP contribution >= 0.6 is 0 Å². The summed E-state index contributed by atoms with van der Waals surface area (Å²) in [7, 11) is 3.03. The molecule has 0 heterocycles. The summed E-state index contributed by atoms with van der Waals surface area (Å²) in [6, 6.07) is 0. The van der Waals surface area contributed by atoms with E-state index < -0.39 is 0 Å². The molecule has 0 aliphatic carbocycles. The first-order chi connectivity index (χ1) is 6.65. The topological polar surface area (TPSA) is 35.5 Å². The molecule has 80 valence electrons. The molecule has 0 saturated heterocycles. The number of rotatable bonds is 5. The Morgan fingerprint density at radius 1 is 1.43 bits per heavy atom. The summed E-state index contributed by atoms with van der Waals surface area (Å²) in [6.07, 6.45) is 3.83. The van der Waals surface area contributed by atoms with Gasteiger partial charge in [0.1, 0.15) is 0 Å². The van der Waals surface area contributed by atoms with E-state index in [-0.39, 0.29) is 5.97 Å². The van der Waals surface area contributed by atoms with Crippen LogP contribution in [-0.2, 0) is 14.3 Å². The van der Waals surface area contributed by atoms with Gasteiger partial charge >= 0.3 is 91.0 Å². The summed E-state index contributed by atoms with van der Waals surface area (Å²) < 4.78 is 10.7. The molecule has 0 saturated carbocycles. The van der Waals surface area contributed by atoms with Crippen molar-refractivity contribution in [2.24, 2.45) is 0 Å². The Hall–Kier alpha value is -0.571. The molecule has 3 nitrogen and oxygen atoms in total. The van der Waals surface area contributed by atoms with Crippen LogP contribution in [0.15, 0.2) is 22.2 Å². The van der Waals surface area contributed by atoms with Crippen molar-refractivity contribution in [2.75, 3.05) is 20.8 Å². The SMILES string of the molecule is COC/C=C(/C=C(\C)C(=O)OC)[Se]C. The van der Waals surface area contributed by atoms with Gasteiger partial charge < -0.3 is 0 Å². The van der Waals surface area contributed by atoms with Crippen LogP contribution in [0.1, 0.15) is 6.92 Å². The van der Waals surface area contributed by atoms with Gasteiger partial charge in [0.05, 0.1) is 0 Å². The van der Waals surface area contributed by atoms with Crippen molar-refractivity contribution < 1.29 is 14.3 Å². The molecule has 0 rings (SSSR count).